The Balaban J connectivity index is 0. The Kier molecular flexibility index (Phi) is 6.10. The lowest BCUT2D eigenvalue weighted by Gasteiger charge is -1.95. The van der Waals surface area contributed by atoms with Gasteiger partial charge in [0, 0.05) is 7.97 Å². The standard InChI is InChI=1S/C7H14N4.H2/c1-2-3-4-5-10-7(9)11-6-8;/h2-5H2,1H3,(H3,9,10,11);1H. The molecule has 0 aromatic rings. The molecule has 0 fully saturated rings. The molecule has 11 heavy (non-hydrogen) atoms. The van der Waals surface area contributed by atoms with Gasteiger partial charge in [-0.25, -0.2) is 0 Å². The van der Waals surface area contributed by atoms with Gasteiger partial charge in [-0.2, -0.15) is 5.26 Å². The Bertz CT molecular complexity index is 161. The van der Waals surface area contributed by atoms with Gasteiger partial charge in [-0.15, -0.1) is 0 Å². The third kappa shape index (κ3) is 6.65. The van der Waals surface area contributed by atoms with Gasteiger partial charge in [0.05, 0.1) is 0 Å². The Morgan fingerprint density at radius 1 is 1.73 bits per heavy atom. The number of hydrogen-bond donors (Lipinski definition) is 2. The van der Waals surface area contributed by atoms with Gasteiger partial charge in [0.2, 0.25) is 5.96 Å². The van der Waals surface area contributed by atoms with Gasteiger partial charge in [-0.1, -0.05) is 19.8 Å². The van der Waals surface area contributed by atoms with Crippen LogP contribution in [0.15, 0.2) is 4.99 Å². The van der Waals surface area contributed by atoms with Crippen LogP contribution < -0.4 is 11.1 Å². The van der Waals surface area contributed by atoms with E-state index in [2.05, 4.69) is 17.2 Å². The summed E-state index contributed by atoms with van der Waals surface area (Å²) in [6.07, 6.45) is 5.06. The molecule has 0 spiro atoms. The maximum Gasteiger partial charge on any atom is 0.202 e. The van der Waals surface area contributed by atoms with E-state index in [0.717, 1.165) is 12.8 Å². The smallest absolute Gasteiger partial charge is 0.202 e. The third-order valence-electron chi connectivity index (χ3n) is 1.23. The number of nitrogens with zero attached hydrogens (tertiary/aromatic N) is 2. The average molecular weight is 156 g/mol. The van der Waals surface area contributed by atoms with E-state index < -0.39 is 0 Å². The molecule has 0 aromatic carbocycles. The molecule has 0 unspecified atom stereocenters. The number of nitrogens with two attached hydrogens (primary N) is 1. The highest BCUT2D eigenvalue weighted by Crippen LogP contribution is 1.92. The van der Waals surface area contributed by atoms with Crippen LogP contribution >= 0.6 is 0 Å². The first-order chi connectivity index (χ1) is 5.31. The van der Waals surface area contributed by atoms with E-state index >= 15 is 0 Å². The normalized spacial score (nSPS) is 10.7. The van der Waals surface area contributed by atoms with Crippen LogP contribution in [0.3, 0.4) is 0 Å². The number of rotatable bonds is 4. The largest absolute Gasteiger partial charge is 0.369 e. The van der Waals surface area contributed by atoms with Crippen molar-refractivity contribution in [3.63, 3.8) is 0 Å². The number of aliphatic imine (C=N–C) groups is 1. The van der Waals surface area contributed by atoms with E-state index in [1.54, 1.807) is 6.19 Å². The van der Waals surface area contributed by atoms with Gasteiger partial charge in [-0.05, 0) is 6.42 Å². The van der Waals surface area contributed by atoms with Gasteiger partial charge in [0.15, 0.2) is 6.19 Å². The third-order valence-corrected chi connectivity index (χ3v) is 1.23. The Hall–Kier alpha value is -1.24. The van der Waals surface area contributed by atoms with Crippen molar-refractivity contribution in [1.82, 2.24) is 5.32 Å². The summed E-state index contributed by atoms with van der Waals surface area (Å²) in [5, 5.41) is 10.4. The molecular formula is C7H16N4. The van der Waals surface area contributed by atoms with Crippen molar-refractivity contribution in [1.29, 1.82) is 5.26 Å². The highest BCUT2D eigenvalue weighted by molar-refractivity contribution is 5.79. The van der Waals surface area contributed by atoms with Crippen molar-refractivity contribution in [2.24, 2.45) is 10.7 Å². The minimum atomic E-state index is 0. The molecule has 0 heterocycles. The highest BCUT2D eigenvalue weighted by Gasteiger charge is 1.86. The first-order valence-corrected chi connectivity index (χ1v) is 3.76. The zero-order valence-corrected chi connectivity index (χ0v) is 6.80. The number of unbranched alkanes of at least 4 members (excludes halogenated alkanes) is 2. The molecule has 0 aliphatic heterocycles. The van der Waals surface area contributed by atoms with Crippen LogP contribution in [0.4, 0.5) is 0 Å². The fourth-order valence-electron chi connectivity index (χ4n) is 0.658. The molecule has 0 radical (unpaired) electrons. The summed E-state index contributed by atoms with van der Waals surface area (Å²) in [6.45, 7) is 2.83. The molecule has 0 aliphatic rings. The maximum absolute atomic E-state index is 8.12. The fraction of sp³-hybridized carbons (Fsp3) is 0.714. The minimum Gasteiger partial charge on any atom is -0.369 e. The summed E-state index contributed by atoms with van der Waals surface area (Å²) >= 11 is 0. The van der Waals surface area contributed by atoms with Crippen LogP contribution in [-0.4, -0.2) is 12.5 Å². The molecule has 4 nitrogen and oxygen atoms in total. The van der Waals surface area contributed by atoms with E-state index in [1.165, 1.54) is 6.42 Å². The predicted octanol–water partition coefficient (Wildman–Crippen LogP) is 0.808. The molecule has 0 aromatic heterocycles. The van der Waals surface area contributed by atoms with Gasteiger partial charge in [0.1, 0.15) is 0 Å². The van der Waals surface area contributed by atoms with Gasteiger partial charge < -0.3 is 5.73 Å². The fourth-order valence-corrected chi connectivity index (χ4v) is 0.658. The molecule has 0 amide bonds. The monoisotopic (exact) mass is 156 g/mol. The maximum atomic E-state index is 8.12. The second-order valence-electron chi connectivity index (χ2n) is 2.21. The summed E-state index contributed by atoms with van der Waals surface area (Å²) < 4.78 is 0. The highest BCUT2D eigenvalue weighted by atomic mass is 15.1. The lowest BCUT2D eigenvalue weighted by molar-refractivity contribution is 0.726. The molecule has 64 valence electrons. The van der Waals surface area contributed by atoms with Crippen LogP contribution in [-0.2, 0) is 0 Å². The summed E-state index contributed by atoms with van der Waals surface area (Å²) in [5.41, 5.74) is 5.28. The molecule has 0 aliphatic carbocycles. The first kappa shape index (κ1) is 9.76. The SMILES string of the molecule is CCCCCN=C(N)NC#N.[HH]. The molecule has 0 rings (SSSR count). The van der Waals surface area contributed by atoms with Crippen molar-refractivity contribution in [3.05, 3.63) is 0 Å². The predicted molar refractivity (Wildman–Crippen MR) is 46.9 cm³/mol. The number of nitriles is 1. The van der Waals surface area contributed by atoms with Gasteiger partial charge in [0.25, 0.3) is 0 Å². The second kappa shape index (κ2) is 6.87. The van der Waals surface area contributed by atoms with E-state index in [4.69, 9.17) is 11.0 Å². The van der Waals surface area contributed by atoms with Crippen molar-refractivity contribution in [3.8, 4) is 6.19 Å². The van der Waals surface area contributed by atoms with Crippen LogP contribution in [0.2, 0.25) is 0 Å². The van der Waals surface area contributed by atoms with E-state index in [-0.39, 0.29) is 7.39 Å². The Morgan fingerprint density at radius 2 is 2.45 bits per heavy atom. The number of guanidine groups is 1. The lowest BCUT2D eigenvalue weighted by atomic mass is 10.2. The molecule has 0 atom stereocenters. The number of nitrogens with one attached hydrogen (secondary N) is 1. The average Bonchev–Trinajstić information content (AvgIpc) is 1.99. The van der Waals surface area contributed by atoms with Crippen LogP contribution in [0.25, 0.3) is 0 Å². The second-order valence-corrected chi connectivity index (χ2v) is 2.21. The Labute approximate surface area is 68.6 Å². The van der Waals surface area contributed by atoms with E-state index in [1.807, 2.05) is 0 Å². The summed E-state index contributed by atoms with van der Waals surface area (Å²) in [4.78, 5) is 3.91. The summed E-state index contributed by atoms with van der Waals surface area (Å²) in [6, 6.07) is 0. The van der Waals surface area contributed by atoms with Gasteiger partial charge >= 0.3 is 0 Å². The van der Waals surface area contributed by atoms with Crippen molar-refractivity contribution < 1.29 is 1.43 Å². The van der Waals surface area contributed by atoms with E-state index in [9.17, 15) is 0 Å². The van der Waals surface area contributed by atoms with E-state index in [0.29, 0.717) is 6.54 Å². The molecule has 0 saturated carbocycles. The minimum absolute atomic E-state index is 0. The van der Waals surface area contributed by atoms with Crippen molar-refractivity contribution in [2.45, 2.75) is 26.2 Å². The van der Waals surface area contributed by atoms with Crippen LogP contribution in [0.5, 0.6) is 0 Å². The van der Waals surface area contributed by atoms with Gasteiger partial charge in [-0.3, -0.25) is 10.3 Å². The Morgan fingerprint density at radius 3 is 3.00 bits per heavy atom. The zero-order chi connectivity index (χ0) is 8.53. The van der Waals surface area contributed by atoms with Crippen LogP contribution in [0.1, 0.15) is 27.6 Å². The van der Waals surface area contributed by atoms with Crippen molar-refractivity contribution in [2.75, 3.05) is 6.54 Å². The summed E-state index contributed by atoms with van der Waals surface area (Å²) in [7, 11) is 0. The molecule has 3 N–H and O–H groups in total. The quantitative estimate of drug-likeness (QED) is 0.208. The molecule has 4 heteroatoms. The molecule has 0 saturated heterocycles. The topological polar surface area (TPSA) is 74.2 Å². The number of hydrogen-bond acceptors (Lipinski definition) is 2. The molecule has 0 bridgehead atoms. The zero-order valence-electron chi connectivity index (χ0n) is 6.80. The van der Waals surface area contributed by atoms with Crippen LogP contribution in [0, 0.1) is 11.5 Å². The lowest BCUT2D eigenvalue weighted by Crippen LogP contribution is -2.27. The summed E-state index contributed by atoms with van der Waals surface area (Å²) in [5.74, 6) is 0.212. The van der Waals surface area contributed by atoms with Crippen molar-refractivity contribution >= 4 is 5.96 Å². The molecular weight excluding hydrogens is 140 g/mol. The first-order valence-electron chi connectivity index (χ1n) is 3.76.